The second-order valence-electron chi connectivity index (χ2n) is 7.87. The van der Waals surface area contributed by atoms with Crippen LogP contribution >= 0.6 is 11.3 Å². The summed E-state index contributed by atoms with van der Waals surface area (Å²) in [6.45, 7) is 6.20. The summed E-state index contributed by atoms with van der Waals surface area (Å²) < 4.78 is 18.7. The van der Waals surface area contributed by atoms with E-state index in [4.69, 9.17) is 13.9 Å². The molecule has 2 aromatic heterocycles. The van der Waals surface area contributed by atoms with Crippen LogP contribution in [0.4, 0.5) is 5.88 Å². The molecule has 4 rings (SSSR count). The van der Waals surface area contributed by atoms with Gasteiger partial charge in [-0.05, 0) is 44.5 Å². The Morgan fingerprint density at radius 2 is 1.91 bits per heavy atom. The van der Waals surface area contributed by atoms with Gasteiger partial charge in [0.05, 0.1) is 35.1 Å². The van der Waals surface area contributed by atoms with Crippen molar-refractivity contribution in [3.8, 4) is 5.75 Å². The Morgan fingerprint density at radius 1 is 1.18 bits per heavy atom. The largest absolute Gasteiger partial charge is 0.494 e. The van der Waals surface area contributed by atoms with Gasteiger partial charge in [-0.2, -0.15) is 0 Å². The fourth-order valence-electron chi connectivity index (χ4n) is 3.81. The number of hydrogen-bond donors (Lipinski definition) is 0. The van der Waals surface area contributed by atoms with Crippen molar-refractivity contribution in [2.75, 3.05) is 32.2 Å². The number of nitrogens with zero attached hydrogens (tertiary/aromatic N) is 3. The Balaban J connectivity index is 1.88. The molecule has 3 aromatic rings. The van der Waals surface area contributed by atoms with Crippen LogP contribution in [0, 0.1) is 0 Å². The van der Waals surface area contributed by atoms with E-state index in [1.807, 2.05) is 62.3 Å². The molecule has 0 aliphatic carbocycles. The summed E-state index contributed by atoms with van der Waals surface area (Å²) in [4.78, 5) is 33.5. The highest BCUT2D eigenvalue weighted by Gasteiger charge is 2.33. The lowest BCUT2D eigenvalue weighted by Crippen LogP contribution is -2.39. The van der Waals surface area contributed by atoms with E-state index >= 15 is 0 Å². The predicted octanol–water partition coefficient (Wildman–Crippen LogP) is 2.86. The molecule has 8 nitrogen and oxygen atoms in total. The number of ether oxygens (including phenoxy) is 2. The maximum atomic E-state index is 13.6. The number of rotatable bonds is 7. The molecule has 1 aromatic carbocycles. The molecule has 1 unspecified atom stereocenters. The van der Waals surface area contributed by atoms with Gasteiger partial charge in [0, 0.05) is 26.2 Å². The molecular weight excluding hydrogens is 454 g/mol. The summed E-state index contributed by atoms with van der Waals surface area (Å²) in [5.41, 5.74) is 1.39. The van der Waals surface area contributed by atoms with Crippen molar-refractivity contribution in [2.45, 2.75) is 26.8 Å². The monoisotopic (exact) mass is 481 g/mol. The summed E-state index contributed by atoms with van der Waals surface area (Å²) in [5, 5.41) is 0. The summed E-state index contributed by atoms with van der Waals surface area (Å²) in [6, 6.07) is 10.4. The maximum absolute atomic E-state index is 13.6. The third-order valence-electron chi connectivity index (χ3n) is 5.35. The predicted molar refractivity (Wildman–Crippen MR) is 131 cm³/mol. The Hall–Kier alpha value is -3.59. The highest BCUT2D eigenvalue weighted by atomic mass is 32.1. The molecule has 1 aliphatic rings. The molecule has 0 fully saturated rings. The van der Waals surface area contributed by atoms with Gasteiger partial charge >= 0.3 is 5.97 Å². The smallest absolute Gasteiger partial charge is 0.338 e. The number of carbonyl (C=O) groups excluding carboxylic acids is 1. The zero-order valence-corrected chi connectivity index (χ0v) is 20.6. The third-order valence-corrected chi connectivity index (χ3v) is 6.33. The fraction of sp³-hybridized carbons (Fsp3) is 0.320. The van der Waals surface area contributed by atoms with Crippen molar-refractivity contribution in [3.63, 3.8) is 0 Å². The summed E-state index contributed by atoms with van der Waals surface area (Å²) >= 11 is 1.26. The van der Waals surface area contributed by atoms with Crippen molar-refractivity contribution < 1.29 is 18.7 Å². The molecule has 0 radical (unpaired) electrons. The van der Waals surface area contributed by atoms with Crippen LogP contribution in [0.25, 0.3) is 6.08 Å². The van der Waals surface area contributed by atoms with E-state index in [0.29, 0.717) is 44.6 Å². The minimum atomic E-state index is -0.665. The van der Waals surface area contributed by atoms with Gasteiger partial charge in [0.25, 0.3) is 5.56 Å². The summed E-state index contributed by atoms with van der Waals surface area (Å²) in [5.74, 6) is 1.48. The number of aromatic nitrogens is 1. The normalized spacial score (nSPS) is 15.7. The lowest BCUT2D eigenvalue weighted by Gasteiger charge is -2.24. The summed E-state index contributed by atoms with van der Waals surface area (Å²) in [7, 11) is 3.76. The van der Waals surface area contributed by atoms with Crippen LogP contribution in [-0.4, -0.2) is 37.8 Å². The van der Waals surface area contributed by atoms with E-state index in [1.54, 1.807) is 24.5 Å². The van der Waals surface area contributed by atoms with E-state index in [2.05, 4.69) is 4.99 Å². The van der Waals surface area contributed by atoms with E-state index in [0.717, 1.165) is 5.56 Å². The van der Waals surface area contributed by atoms with Gasteiger partial charge in [0.15, 0.2) is 10.7 Å². The van der Waals surface area contributed by atoms with E-state index in [9.17, 15) is 9.59 Å². The van der Waals surface area contributed by atoms with Crippen molar-refractivity contribution in [3.05, 3.63) is 78.7 Å². The molecule has 1 aliphatic heterocycles. The maximum Gasteiger partial charge on any atom is 0.338 e. The zero-order valence-electron chi connectivity index (χ0n) is 19.8. The van der Waals surface area contributed by atoms with Crippen LogP contribution in [-0.2, 0) is 9.53 Å². The molecule has 9 heteroatoms. The molecule has 0 spiro atoms. The van der Waals surface area contributed by atoms with E-state index in [1.165, 1.54) is 11.3 Å². The molecule has 0 bridgehead atoms. The fourth-order valence-corrected chi connectivity index (χ4v) is 4.84. The van der Waals surface area contributed by atoms with Gasteiger partial charge in [-0.3, -0.25) is 9.36 Å². The number of benzene rings is 1. The highest BCUT2D eigenvalue weighted by molar-refractivity contribution is 7.07. The van der Waals surface area contributed by atoms with Crippen molar-refractivity contribution in [1.29, 1.82) is 0 Å². The van der Waals surface area contributed by atoms with Gasteiger partial charge in [-0.1, -0.05) is 23.5 Å². The van der Waals surface area contributed by atoms with Crippen LogP contribution in [0.5, 0.6) is 5.75 Å². The SMILES string of the molecule is CCOC(=O)C1=C(C)N=c2s/c(=C/c3ccc(N(C)C)o3)c(=O)n2C1c1ccc(OCC)cc1. The van der Waals surface area contributed by atoms with Crippen LogP contribution < -0.4 is 24.5 Å². The molecule has 178 valence electrons. The lowest BCUT2D eigenvalue weighted by atomic mass is 9.96. The number of furan rings is 1. The highest BCUT2D eigenvalue weighted by Crippen LogP contribution is 2.31. The number of hydrogen-bond acceptors (Lipinski definition) is 8. The van der Waals surface area contributed by atoms with E-state index < -0.39 is 12.0 Å². The number of allylic oxidation sites excluding steroid dienone is 1. The number of carbonyl (C=O) groups is 1. The molecule has 0 saturated carbocycles. The third kappa shape index (κ3) is 4.43. The first-order valence-corrected chi connectivity index (χ1v) is 11.8. The minimum absolute atomic E-state index is 0.225. The minimum Gasteiger partial charge on any atom is -0.494 e. The van der Waals surface area contributed by atoms with Crippen LogP contribution in [0.1, 0.15) is 38.1 Å². The first-order valence-electron chi connectivity index (χ1n) is 11.0. The van der Waals surface area contributed by atoms with Gasteiger partial charge in [-0.25, -0.2) is 9.79 Å². The summed E-state index contributed by atoms with van der Waals surface area (Å²) in [6.07, 6.45) is 1.70. The average Bonchev–Trinajstić information content (AvgIpc) is 3.39. The lowest BCUT2D eigenvalue weighted by molar-refractivity contribution is -0.139. The Morgan fingerprint density at radius 3 is 2.53 bits per heavy atom. The van der Waals surface area contributed by atoms with Crippen molar-refractivity contribution >= 4 is 29.3 Å². The second kappa shape index (κ2) is 9.72. The second-order valence-corrected chi connectivity index (χ2v) is 8.88. The average molecular weight is 482 g/mol. The standard InChI is InChI=1S/C25H27N3O5S/c1-6-31-17-10-8-16(9-11-17)22-21(24(30)32-7-2)15(3)26-25-28(22)23(29)19(34-25)14-18-12-13-20(33-18)27(4)5/h8-14,22H,6-7H2,1-5H3/b19-14+. The van der Waals surface area contributed by atoms with Gasteiger partial charge in [-0.15, -0.1) is 0 Å². The van der Waals surface area contributed by atoms with Gasteiger partial charge < -0.3 is 18.8 Å². The molecule has 0 N–H and O–H groups in total. The Kier molecular flexibility index (Phi) is 6.74. The molecule has 1 atom stereocenters. The van der Waals surface area contributed by atoms with Crippen LogP contribution in [0.15, 0.2) is 61.9 Å². The number of esters is 1. The van der Waals surface area contributed by atoms with E-state index in [-0.39, 0.29) is 12.2 Å². The topological polar surface area (TPSA) is 86.3 Å². The molecule has 0 amide bonds. The quantitative estimate of drug-likeness (QED) is 0.483. The van der Waals surface area contributed by atoms with Crippen molar-refractivity contribution in [2.24, 2.45) is 4.99 Å². The number of anilines is 1. The first-order chi connectivity index (χ1) is 16.3. The Bertz CT molecular complexity index is 1410. The molecular formula is C25H27N3O5S. The molecule has 34 heavy (non-hydrogen) atoms. The van der Waals surface area contributed by atoms with Gasteiger partial charge in [0.2, 0.25) is 0 Å². The van der Waals surface area contributed by atoms with Crippen LogP contribution in [0.2, 0.25) is 0 Å². The number of thiazole rings is 1. The Labute approximate surface area is 201 Å². The van der Waals surface area contributed by atoms with Gasteiger partial charge in [0.1, 0.15) is 11.5 Å². The first kappa shape index (κ1) is 23.6. The number of fused-ring (bicyclic) bond motifs is 1. The zero-order chi connectivity index (χ0) is 24.4. The van der Waals surface area contributed by atoms with Crippen LogP contribution in [0.3, 0.4) is 0 Å². The molecule has 3 heterocycles. The molecule has 0 saturated heterocycles. The van der Waals surface area contributed by atoms with Crippen molar-refractivity contribution in [1.82, 2.24) is 4.57 Å².